The van der Waals surface area contributed by atoms with E-state index >= 15 is 0 Å². The monoisotopic (exact) mass is 407 g/mol. The number of anilines is 1. The molecule has 5 aromatic heterocycles. The third kappa shape index (κ3) is 3.51. The molecule has 0 fully saturated rings. The van der Waals surface area contributed by atoms with Crippen molar-refractivity contribution in [2.45, 2.75) is 6.92 Å². The molecule has 1 N–H and O–H groups in total. The van der Waals surface area contributed by atoms with E-state index in [9.17, 15) is 4.79 Å². The number of carbonyl (C=O) groups is 1. The number of amides is 1. The van der Waals surface area contributed by atoms with Crippen LogP contribution in [0.15, 0.2) is 79.5 Å². The molecule has 0 unspecified atom stereocenters. The number of carbonyl (C=O) groups excluding carboxylic acids is 1. The maximum atomic E-state index is 12.8. The molecule has 5 rings (SSSR count). The van der Waals surface area contributed by atoms with Crippen LogP contribution in [0.4, 0.5) is 5.82 Å². The molecule has 0 aliphatic carbocycles. The average Bonchev–Trinajstić information content (AvgIpc) is 3.15. The summed E-state index contributed by atoms with van der Waals surface area (Å²) in [4.78, 5) is 34.5. The molecule has 1 amide bonds. The summed E-state index contributed by atoms with van der Waals surface area (Å²) in [6.07, 6.45) is 8.41. The molecule has 31 heavy (non-hydrogen) atoms. The van der Waals surface area contributed by atoms with Gasteiger partial charge in [0.15, 0.2) is 0 Å². The van der Waals surface area contributed by atoms with Crippen molar-refractivity contribution in [2.75, 3.05) is 5.32 Å². The predicted molar refractivity (Wildman–Crippen MR) is 117 cm³/mol. The van der Waals surface area contributed by atoms with Gasteiger partial charge in [-0.25, -0.2) is 15.0 Å². The first-order valence-electron chi connectivity index (χ1n) is 9.64. The Bertz CT molecular complexity index is 1380. The van der Waals surface area contributed by atoms with Gasteiger partial charge in [0.2, 0.25) is 0 Å². The van der Waals surface area contributed by atoms with Gasteiger partial charge in [-0.05, 0) is 43.3 Å². The molecule has 0 radical (unpaired) electrons. The van der Waals surface area contributed by atoms with Crippen molar-refractivity contribution >= 4 is 22.8 Å². The normalized spacial score (nSPS) is 10.9. The zero-order valence-corrected chi connectivity index (χ0v) is 16.6. The SMILES string of the molecule is Cc1nc2cnccc2n1-c1ccc(-c2cccnc2C(=O)Nc2ccccn2)cn1. The smallest absolute Gasteiger partial charge is 0.276 e. The van der Waals surface area contributed by atoms with E-state index in [1.54, 1.807) is 49.2 Å². The number of nitrogens with one attached hydrogen (secondary N) is 1. The summed E-state index contributed by atoms with van der Waals surface area (Å²) < 4.78 is 1.97. The standard InChI is InChI=1S/C23H17N7O/c1-15-28-18-14-24-12-9-19(18)30(15)21-8-7-16(13-27-21)17-5-4-11-26-22(17)23(31)29-20-6-2-3-10-25-20/h2-14H,1H3,(H,25,29,31). The third-order valence-electron chi connectivity index (χ3n) is 4.84. The van der Waals surface area contributed by atoms with Gasteiger partial charge in [0.25, 0.3) is 5.91 Å². The first-order valence-corrected chi connectivity index (χ1v) is 9.64. The number of aryl methyl sites for hydroxylation is 1. The highest BCUT2D eigenvalue weighted by Gasteiger charge is 2.16. The van der Waals surface area contributed by atoms with Crippen molar-refractivity contribution in [3.8, 4) is 16.9 Å². The lowest BCUT2D eigenvalue weighted by Crippen LogP contribution is -2.15. The van der Waals surface area contributed by atoms with E-state index in [-0.39, 0.29) is 5.91 Å². The van der Waals surface area contributed by atoms with Crippen LogP contribution in [0.25, 0.3) is 28.0 Å². The van der Waals surface area contributed by atoms with E-state index in [2.05, 4.69) is 30.2 Å². The lowest BCUT2D eigenvalue weighted by Gasteiger charge is -2.10. The van der Waals surface area contributed by atoms with E-state index in [4.69, 9.17) is 0 Å². The molecule has 8 nitrogen and oxygen atoms in total. The molecule has 0 saturated carbocycles. The Balaban J connectivity index is 1.49. The summed E-state index contributed by atoms with van der Waals surface area (Å²) in [6.45, 7) is 1.93. The Morgan fingerprint density at radius 2 is 1.81 bits per heavy atom. The van der Waals surface area contributed by atoms with E-state index < -0.39 is 0 Å². The number of hydrogen-bond donors (Lipinski definition) is 1. The molecular formula is C23H17N7O. The van der Waals surface area contributed by atoms with Gasteiger partial charge in [0.1, 0.15) is 28.7 Å². The lowest BCUT2D eigenvalue weighted by molar-refractivity contribution is 0.102. The molecule has 0 aliphatic rings. The Kier molecular flexibility index (Phi) is 4.64. The second kappa shape index (κ2) is 7.75. The average molecular weight is 407 g/mol. The first kappa shape index (κ1) is 18.6. The highest BCUT2D eigenvalue weighted by atomic mass is 16.1. The number of pyridine rings is 4. The second-order valence-electron chi connectivity index (χ2n) is 6.83. The van der Waals surface area contributed by atoms with E-state index in [0.29, 0.717) is 17.1 Å². The van der Waals surface area contributed by atoms with Crippen LogP contribution in [0, 0.1) is 6.92 Å². The minimum Gasteiger partial charge on any atom is -0.305 e. The number of rotatable bonds is 4. The van der Waals surface area contributed by atoms with Crippen LogP contribution in [0.3, 0.4) is 0 Å². The van der Waals surface area contributed by atoms with E-state index in [0.717, 1.165) is 28.2 Å². The van der Waals surface area contributed by atoms with Gasteiger partial charge in [0, 0.05) is 35.9 Å². The van der Waals surface area contributed by atoms with Crippen LogP contribution in [-0.4, -0.2) is 35.4 Å². The maximum absolute atomic E-state index is 12.8. The van der Waals surface area contributed by atoms with Crippen molar-refractivity contribution in [3.63, 3.8) is 0 Å². The van der Waals surface area contributed by atoms with Crippen molar-refractivity contribution in [2.24, 2.45) is 0 Å². The summed E-state index contributed by atoms with van der Waals surface area (Å²) in [5.74, 6) is 1.69. The van der Waals surface area contributed by atoms with Crippen LogP contribution < -0.4 is 5.32 Å². The van der Waals surface area contributed by atoms with Crippen molar-refractivity contribution < 1.29 is 4.79 Å². The van der Waals surface area contributed by atoms with Gasteiger partial charge in [0.05, 0.1) is 11.7 Å². The minimum absolute atomic E-state index is 0.304. The van der Waals surface area contributed by atoms with Crippen molar-refractivity contribution in [1.82, 2.24) is 29.5 Å². The zero-order valence-electron chi connectivity index (χ0n) is 16.6. The summed E-state index contributed by atoms with van der Waals surface area (Å²) in [6, 6.07) is 14.7. The van der Waals surface area contributed by atoms with Crippen molar-refractivity contribution in [1.29, 1.82) is 0 Å². The number of hydrogen-bond acceptors (Lipinski definition) is 6. The number of fused-ring (bicyclic) bond motifs is 1. The molecule has 0 atom stereocenters. The molecule has 5 aromatic rings. The quantitative estimate of drug-likeness (QED) is 0.486. The fourth-order valence-electron chi connectivity index (χ4n) is 3.45. The topological polar surface area (TPSA) is 98.5 Å². The largest absolute Gasteiger partial charge is 0.305 e. The Hall–Kier alpha value is -4.46. The highest BCUT2D eigenvalue weighted by Crippen LogP contribution is 2.25. The summed E-state index contributed by atoms with van der Waals surface area (Å²) in [5.41, 5.74) is 3.52. The van der Waals surface area contributed by atoms with Crippen LogP contribution >= 0.6 is 0 Å². The summed E-state index contributed by atoms with van der Waals surface area (Å²) in [7, 11) is 0. The summed E-state index contributed by atoms with van der Waals surface area (Å²) in [5, 5.41) is 2.78. The maximum Gasteiger partial charge on any atom is 0.276 e. The second-order valence-corrected chi connectivity index (χ2v) is 6.83. The van der Waals surface area contributed by atoms with Crippen LogP contribution in [0.2, 0.25) is 0 Å². The van der Waals surface area contributed by atoms with Gasteiger partial charge in [-0.3, -0.25) is 19.3 Å². The molecule has 8 heteroatoms. The zero-order chi connectivity index (χ0) is 21.2. The number of aromatic nitrogens is 6. The van der Waals surface area contributed by atoms with E-state index in [1.807, 2.05) is 41.8 Å². The molecule has 0 aromatic carbocycles. The fourth-order valence-corrected chi connectivity index (χ4v) is 3.45. The fraction of sp³-hybridized carbons (Fsp3) is 0.0435. The Labute approximate surface area is 177 Å². The number of imidazole rings is 1. The molecule has 150 valence electrons. The van der Waals surface area contributed by atoms with Gasteiger partial charge in [-0.1, -0.05) is 12.1 Å². The Morgan fingerprint density at radius 3 is 2.61 bits per heavy atom. The molecular weight excluding hydrogens is 390 g/mol. The predicted octanol–water partition coefficient (Wildman–Crippen LogP) is 3.83. The molecule has 0 spiro atoms. The van der Waals surface area contributed by atoms with Crippen LogP contribution in [0.5, 0.6) is 0 Å². The van der Waals surface area contributed by atoms with Crippen LogP contribution in [0.1, 0.15) is 16.3 Å². The van der Waals surface area contributed by atoms with E-state index in [1.165, 1.54) is 0 Å². The molecule has 5 heterocycles. The van der Waals surface area contributed by atoms with Gasteiger partial charge < -0.3 is 5.32 Å². The minimum atomic E-state index is -0.331. The molecule has 0 saturated heterocycles. The molecule has 0 bridgehead atoms. The Morgan fingerprint density at radius 1 is 0.903 bits per heavy atom. The van der Waals surface area contributed by atoms with Gasteiger partial charge in [-0.15, -0.1) is 0 Å². The highest BCUT2D eigenvalue weighted by molar-refractivity contribution is 6.06. The summed E-state index contributed by atoms with van der Waals surface area (Å²) >= 11 is 0. The lowest BCUT2D eigenvalue weighted by atomic mass is 10.1. The van der Waals surface area contributed by atoms with Crippen LogP contribution in [-0.2, 0) is 0 Å². The van der Waals surface area contributed by atoms with Gasteiger partial charge in [-0.2, -0.15) is 0 Å². The van der Waals surface area contributed by atoms with Crippen molar-refractivity contribution in [3.05, 3.63) is 91.0 Å². The first-order chi connectivity index (χ1) is 15.2. The molecule has 0 aliphatic heterocycles. The van der Waals surface area contributed by atoms with Gasteiger partial charge >= 0.3 is 0 Å². The number of nitrogens with zero attached hydrogens (tertiary/aromatic N) is 6. The third-order valence-corrected chi connectivity index (χ3v) is 4.84.